The standard InChI is InChI=1S/C24H40N4O3.HI/c1-5-30-21-10-9-20(17-22(21)31-6-2)19(3)27-23(25-4)26-18-24(11-15-29-16-12-24)28-13-7-8-14-28;/h9-10,17,19H,5-8,11-16,18H2,1-4H3,(H2,25,26,27);1H. The molecule has 2 aliphatic heterocycles. The lowest BCUT2D eigenvalue weighted by molar-refractivity contribution is -0.0164. The Balaban J connectivity index is 0.00000363. The summed E-state index contributed by atoms with van der Waals surface area (Å²) in [5.74, 6) is 2.40. The third kappa shape index (κ3) is 6.87. The molecule has 2 fully saturated rings. The number of benzene rings is 1. The molecule has 0 bridgehead atoms. The van der Waals surface area contributed by atoms with Gasteiger partial charge in [-0.2, -0.15) is 0 Å². The lowest BCUT2D eigenvalue weighted by atomic mass is 9.88. The zero-order chi connectivity index (χ0) is 22.1. The summed E-state index contributed by atoms with van der Waals surface area (Å²) < 4.78 is 17.2. The van der Waals surface area contributed by atoms with Gasteiger partial charge in [0.05, 0.1) is 19.3 Å². The molecule has 8 heteroatoms. The van der Waals surface area contributed by atoms with Crippen molar-refractivity contribution in [3.63, 3.8) is 0 Å². The van der Waals surface area contributed by atoms with Crippen molar-refractivity contribution < 1.29 is 14.2 Å². The highest BCUT2D eigenvalue weighted by molar-refractivity contribution is 14.0. The van der Waals surface area contributed by atoms with E-state index in [2.05, 4.69) is 39.6 Å². The number of hydrogen-bond acceptors (Lipinski definition) is 5. The predicted octanol–water partition coefficient (Wildman–Crippen LogP) is 3.97. The number of guanidine groups is 1. The Hall–Kier alpha value is -1.26. The molecule has 0 spiro atoms. The molecule has 1 atom stereocenters. The van der Waals surface area contributed by atoms with Crippen LogP contribution in [0.15, 0.2) is 23.2 Å². The van der Waals surface area contributed by atoms with E-state index in [1.165, 1.54) is 25.9 Å². The van der Waals surface area contributed by atoms with Gasteiger partial charge in [0.15, 0.2) is 17.5 Å². The van der Waals surface area contributed by atoms with E-state index in [-0.39, 0.29) is 35.6 Å². The number of nitrogens with zero attached hydrogens (tertiary/aromatic N) is 2. The van der Waals surface area contributed by atoms with Crippen molar-refractivity contribution in [3.05, 3.63) is 23.8 Å². The molecule has 0 saturated carbocycles. The first kappa shape index (κ1) is 27.0. The fourth-order valence-electron chi connectivity index (χ4n) is 4.62. The molecule has 3 rings (SSSR count). The van der Waals surface area contributed by atoms with Crippen molar-refractivity contribution >= 4 is 29.9 Å². The lowest BCUT2D eigenvalue weighted by Crippen LogP contribution is -2.58. The molecular weight excluding hydrogens is 519 g/mol. The number of rotatable bonds is 9. The Labute approximate surface area is 210 Å². The Morgan fingerprint density at radius 2 is 1.78 bits per heavy atom. The van der Waals surface area contributed by atoms with Crippen molar-refractivity contribution in [2.75, 3.05) is 53.1 Å². The van der Waals surface area contributed by atoms with Crippen molar-refractivity contribution in [3.8, 4) is 11.5 Å². The fraction of sp³-hybridized carbons (Fsp3) is 0.708. The van der Waals surface area contributed by atoms with Crippen LogP contribution in [-0.2, 0) is 4.74 Å². The van der Waals surface area contributed by atoms with Crippen LogP contribution in [0, 0.1) is 0 Å². The highest BCUT2D eigenvalue weighted by atomic mass is 127. The lowest BCUT2D eigenvalue weighted by Gasteiger charge is -2.45. The molecule has 2 saturated heterocycles. The van der Waals surface area contributed by atoms with Crippen LogP contribution in [0.5, 0.6) is 11.5 Å². The van der Waals surface area contributed by atoms with Crippen molar-refractivity contribution in [1.82, 2.24) is 15.5 Å². The number of likely N-dealkylation sites (tertiary alicyclic amines) is 1. The minimum Gasteiger partial charge on any atom is -0.490 e. The monoisotopic (exact) mass is 560 g/mol. The highest BCUT2D eigenvalue weighted by Crippen LogP contribution is 2.32. The van der Waals surface area contributed by atoms with Crippen LogP contribution in [0.25, 0.3) is 0 Å². The SMILES string of the molecule is CCOc1ccc(C(C)NC(=NC)NCC2(N3CCCC3)CCOCC2)cc1OCC.I. The van der Waals surface area contributed by atoms with Gasteiger partial charge in [0, 0.05) is 32.3 Å². The van der Waals surface area contributed by atoms with Crippen molar-refractivity contribution in [2.45, 2.75) is 58.0 Å². The van der Waals surface area contributed by atoms with Crippen molar-refractivity contribution in [1.29, 1.82) is 0 Å². The minimum atomic E-state index is 0. The zero-order valence-electron chi connectivity index (χ0n) is 20.1. The maximum Gasteiger partial charge on any atom is 0.191 e. The van der Waals surface area contributed by atoms with E-state index in [1.54, 1.807) is 0 Å². The molecule has 0 amide bonds. The van der Waals surface area contributed by atoms with Gasteiger partial charge in [0.1, 0.15) is 0 Å². The second kappa shape index (κ2) is 13.4. The van der Waals surface area contributed by atoms with Gasteiger partial charge in [-0.3, -0.25) is 9.89 Å². The normalized spacial score (nSPS) is 19.7. The van der Waals surface area contributed by atoms with Crippen LogP contribution in [0.2, 0.25) is 0 Å². The molecule has 2 heterocycles. The molecule has 2 aliphatic rings. The Bertz CT molecular complexity index is 719. The molecule has 32 heavy (non-hydrogen) atoms. The smallest absolute Gasteiger partial charge is 0.191 e. The quantitative estimate of drug-likeness (QED) is 0.271. The summed E-state index contributed by atoms with van der Waals surface area (Å²) in [7, 11) is 1.83. The molecule has 0 aromatic heterocycles. The molecular formula is C24H41IN4O3. The molecule has 1 aromatic rings. The summed E-state index contributed by atoms with van der Waals surface area (Å²) >= 11 is 0. The number of halogens is 1. The Morgan fingerprint density at radius 3 is 2.41 bits per heavy atom. The number of ether oxygens (including phenoxy) is 3. The summed E-state index contributed by atoms with van der Waals surface area (Å²) in [4.78, 5) is 7.16. The highest BCUT2D eigenvalue weighted by Gasteiger charge is 2.39. The Kier molecular flexibility index (Phi) is 11.3. The minimum absolute atomic E-state index is 0. The molecule has 0 aliphatic carbocycles. The summed E-state index contributed by atoms with van der Waals surface area (Å²) in [6.45, 7) is 12.3. The number of aliphatic imine (C=N–C) groups is 1. The summed E-state index contributed by atoms with van der Waals surface area (Å²) in [6, 6.07) is 6.22. The maximum atomic E-state index is 5.79. The first-order valence-corrected chi connectivity index (χ1v) is 11.8. The first-order valence-electron chi connectivity index (χ1n) is 11.8. The average Bonchev–Trinajstić information content (AvgIpc) is 3.34. The molecule has 0 radical (unpaired) electrons. The van der Waals surface area contributed by atoms with Gasteiger partial charge in [-0.25, -0.2) is 0 Å². The summed E-state index contributed by atoms with van der Waals surface area (Å²) in [6.07, 6.45) is 4.74. The van der Waals surface area contributed by atoms with E-state index >= 15 is 0 Å². The first-order chi connectivity index (χ1) is 15.1. The van der Waals surface area contributed by atoms with Crippen molar-refractivity contribution in [2.24, 2.45) is 4.99 Å². The van der Waals surface area contributed by atoms with Crippen LogP contribution in [0.1, 0.15) is 58.1 Å². The predicted molar refractivity (Wildman–Crippen MR) is 141 cm³/mol. The van der Waals surface area contributed by atoms with E-state index in [0.29, 0.717) is 13.2 Å². The van der Waals surface area contributed by atoms with E-state index < -0.39 is 0 Å². The maximum absolute atomic E-state index is 5.79. The van der Waals surface area contributed by atoms with Gasteiger partial charge in [-0.1, -0.05) is 6.07 Å². The van der Waals surface area contributed by atoms with Gasteiger partial charge < -0.3 is 24.8 Å². The van der Waals surface area contributed by atoms with Gasteiger partial charge in [-0.15, -0.1) is 24.0 Å². The summed E-state index contributed by atoms with van der Waals surface area (Å²) in [5, 5.41) is 7.16. The van der Waals surface area contributed by atoms with E-state index in [0.717, 1.165) is 55.6 Å². The number of hydrogen-bond donors (Lipinski definition) is 2. The summed E-state index contributed by atoms with van der Waals surface area (Å²) in [5.41, 5.74) is 1.30. The molecule has 1 unspecified atom stereocenters. The average molecular weight is 561 g/mol. The molecule has 1 aromatic carbocycles. The van der Waals surface area contributed by atoms with Crippen LogP contribution in [0.4, 0.5) is 0 Å². The van der Waals surface area contributed by atoms with Gasteiger partial charge in [-0.05, 0) is 77.2 Å². The second-order valence-electron chi connectivity index (χ2n) is 8.39. The van der Waals surface area contributed by atoms with Gasteiger partial charge in [0.25, 0.3) is 0 Å². The van der Waals surface area contributed by atoms with Crippen LogP contribution < -0.4 is 20.1 Å². The van der Waals surface area contributed by atoms with Crippen LogP contribution >= 0.6 is 24.0 Å². The van der Waals surface area contributed by atoms with E-state index in [4.69, 9.17) is 14.2 Å². The van der Waals surface area contributed by atoms with E-state index in [1.807, 2.05) is 27.0 Å². The fourth-order valence-corrected chi connectivity index (χ4v) is 4.62. The molecule has 7 nitrogen and oxygen atoms in total. The van der Waals surface area contributed by atoms with Gasteiger partial charge in [0.2, 0.25) is 0 Å². The third-order valence-electron chi connectivity index (χ3n) is 6.43. The Morgan fingerprint density at radius 1 is 1.12 bits per heavy atom. The largest absolute Gasteiger partial charge is 0.490 e. The third-order valence-corrected chi connectivity index (χ3v) is 6.43. The second-order valence-corrected chi connectivity index (χ2v) is 8.39. The van der Waals surface area contributed by atoms with Crippen LogP contribution in [-0.4, -0.2) is 69.5 Å². The number of nitrogens with one attached hydrogen (secondary N) is 2. The van der Waals surface area contributed by atoms with Gasteiger partial charge >= 0.3 is 0 Å². The molecule has 2 N–H and O–H groups in total. The molecule has 182 valence electrons. The topological polar surface area (TPSA) is 67.4 Å². The van der Waals surface area contributed by atoms with Crippen LogP contribution in [0.3, 0.4) is 0 Å². The van der Waals surface area contributed by atoms with E-state index in [9.17, 15) is 0 Å². The zero-order valence-corrected chi connectivity index (χ0v) is 22.4.